The number of imide groups is 1. The highest BCUT2D eigenvalue weighted by Gasteiger charge is 2.44. The fraction of sp³-hybridized carbons (Fsp3) is 0.724. The average molecular weight is 612 g/mol. The summed E-state index contributed by atoms with van der Waals surface area (Å²) in [6, 6.07) is 0. The van der Waals surface area contributed by atoms with Crippen LogP contribution in [0.3, 0.4) is 0 Å². The molecule has 1 N–H and O–H groups in total. The van der Waals surface area contributed by atoms with E-state index in [1.807, 2.05) is 23.5 Å². The van der Waals surface area contributed by atoms with Crippen LogP contribution >= 0.6 is 47.0 Å². The van der Waals surface area contributed by atoms with Gasteiger partial charge in [0.25, 0.3) is 5.91 Å². The van der Waals surface area contributed by atoms with Crippen molar-refractivity contribution < 1.29 is 24.1 Å². The van der Waals surface area contributed by atoms with Gasteiger partial charge in [0.2, 0.25) is 5.91 Å². The van der Waals surface area contributed by atoms with E-state index in [-0.39, 0.29) is 46.3 Å². The van der Waals surface area contributed by atoms with E-state index in [0.717, 1.165) is 76.4 Å². The Bertz CT molecular complexity index is 1070. The smallest absolute Gasteiger partial charge is 0.398 e. The molecule has 4 heterocycles. The molecule has 0 saturated carbocycles. The number of aliphatic hydroxyl groups is 1. The Morgan fingerprint density at radius 3 is 2.15 bits per heavy atom. The van der Waals surface area contributed by atoms with Crippen LogP contribution in [-0.2, 0) is 14.4 Å². The summed E-state index contributed by atoms with van der Waals surface area (Å²) in [4.78, 5) is 41.7. The van der Waals surface area contributed by atoms with Crippen molar-refractivity contribution in [1.29, 1.82) is 0 Å². The van der Waals surface area contributed by atoms with Gasteiger partial charge in [-0.1, -0.05) is 27.7 Å². The van der Waals surface area contributed by atoms with Gasteiger partial charge in [0.1, 0.15) is 5.92 Å². The van der Waals surface area contributed by atoms with Gasteiger partial charge in [-0.25, -0.2) is 4.79 Å². The first kappa shape index (κ1) is 31.1. The van der Waals surface area contributed by atoms with Gasteiger partial charge in [-0.2, -0.15) is 23.5 Å². The number of fused-ring (bicyclic) bond motifs is 2. The highest BCUT2D eigenvalue weighted by molar-refractivity contribution is 8.03. The van der Waals surface area contributed by atoms with Gasteiger partial charge < -0.3 is 5.11 Å². The van der Waals surface area contributed by atoms with Crippen molar-refractivity contribution in [2.24, 2.45) is 22.7 Å². The van der Waals surface area contributed by atoms with Crippen molar-refractivity contribution in [1.82, 2.24) is 4.90 Å². The summed E-state index contributed by atoms with van der Waals surface area (Å²) in [6.07, 6.45) is 8.33. The average Bonchev–Trinajstić information content (AvgIpc) is 3.53. The second kappa shape index (κ2) is 13.4. The SMILES string of the molecule is CC(C)(CCSCCCSCCC(C)(C)C[N+]1=C(O)C=C2SCCC2C1=O)CN1C(=O)C=C2SCCC2C1=O. The van der Waals surface area contributed by atoms with Crippen LogP contribution in [0.5, 0.6) is 0 Å². The Morgan fingerprint density at radius 1 is 0.897 bits per heavy atom. The minimum absolute atomic E-state index is 0.000204. The van der Waals surface area contributed by atoms with Crippen molar-refractivity contribution in [2.75, 3.05) is 47.6 Å². The quantitative estimate of drug-likeness (QED) is 0.149. The molecule has 3 amide bonds. The van der Waals surface area contributed by atoms with Gasteiger partial charge in [0.05, 0.1) is 12.0 Å². The maximum Gasteiger partial charge on any atom is 0.398 e. The molecule has 0 aromatic carbocycles. The summed E-state index contributed by atoms with van der Waals surface area (Å²) in [5.41, 5.74) is -0.148. The lowest BCUT2D eigenvalue weighted by Crippen LogP contribution is -2.47. The van der Waals surface area contributed by atoms with Gasteiger partial charge in [-0.3, -0.25) is 14.5 Å². The lowest BCUT2D eigenvalue weighted by Gasteiger charge is -2.34. The van der Waals surface area contributed by atoms with Crippen LogP contribution in [0, 0.1) is 22.7 Å². The van der Waals surface area contributed by atoms with Crippen LogP contribution in [0.1, 0.15) is 59.8 Å². The zero-order chi connectivity index (χ0) is 28.2. The minimum Gasteiger partial charge on any atom is -0.460 e. The van der Waals surface area contributed by atoms with Crippen LogP contribution in [0.4, 0.5) is 0 Å². The number of nitrogens with zero attached hydrogens (tertiary/aromatic N) is 2. The third-order valence-electron chi connectivity index (χ3n) is 7.84. The maximum atomic E-state index is 12.9. The summed E-state index contributed by atoms with van der Waals surface area (Å²) in [7, 11) is 0. The molecule has 0 aromatic heterocycles. The van der Waals surface area contributed by atoms with E-state index < -0.39 is 0 Å². The van der Waals surface area contributed by atoms with Crippen molar-refractivity contribution in [3.63, 3.8) is 0 Å². The van der Waals surface area contributed by atoms with Gasteiger partial charge in [0.15, 0.2) is 6.54 Å². The first-order valence-corrected chi connectivity index (χ1v) is 18.3. The molecule has 0 aromatic rings. The van der Waals surface area contributed by atoms with Gasteiger partial charge in [-0.15, -0.1) is 28.1 Å². The predicted molar refractivity (Wildman–Crippen MR) is 168 cm³/mol. The molecule has 216 valence electrons. The number of amides is 3. The van der Waals surface area contributed by atoms with Crippen molar-refractivity contribution in [2.45, 2.75) is 59.8 Å². The number of hydrogen-bond acceptors (Lipinski definition) is 7. The number of carbonyl (C=O) groups excluding carboxylic acids is 3. The van der Waals surface area contributed by atoms with Crippen LogP contribution in [0.25, 0.3) is 0 Å². The van der Waals surface area contributed by atoms with E-state index in [1.54, 1.807) is 40.3 Å². The van der Waals surface area contributed by atoms with E-state index in [0.29, 0.717) is 13.1 Å². The zero-order valence-electron chi connectivity index (χ0n) is 23.7. The van der Waals surface area contributed by atoms with Gasteiger partial charge in [0, 0.05) is 27.8 Å². The maximum absolute atomic E-state index is 12.9. The molecule has 0 radical (unpaired) electrons. The molecule has 4 rings (SSSR count). The summed E-state index contributed by atoms with van der Waals surface area (Å²) >= 11 is 7.26. The van der Waals surface area contributed by atoms with Crippen LogP contribution in [-0.4, -0.2) is 85.8 Å². The second-order valence-electron chi connectivity index (χ2n) is 12.4. The monoisotopic (exact) mass is 611 g/mol. The van der Waals surface area contributed by atoms with Crippen LogP contribution in [0.15, 0.2) is 22.0 Å². The fourth-order valence-corrected chi connectivity index (χ4v) is 10.4. The molecular formula is C29H43N2O4S4+. The van der Waals surface area contributed by atoms with Crippen molar-refractivity contribution >= 4 is 70.7 Å². The first-order chi connectivity index (χ1) is 18.5. The normalized spacial score (nSPS) is 23.8. The van der Waals surface area contributed by atoms with E-state index in [9.17, 15) is 19.5 Å². The number of rotatable bonds is 14. The van der Waals surface area contributed by atoms with E-state index in [4.69, 9.17) is 0 Å². The number of thioether (sulfide) groups is 4. The molecule has 0 spiro atoms. The standard InChI is InChI=1S/C29H42N2O4S4/c1-28(2,18-30-24(32)16-22-20(26(30)34)6-12-38-22)8-14-36-10-5-11-37-15-9-29(3,4)19-31-25(33)17-23-21(27(31)35)7-13-39-23/h16-17,20-21H,5-15,18-19H2,1-4H3/p+1. The molecule has 0 aliphatic carbocycles. The summed E-state index contributed by atoms with van der Waals surface area (Å²) in [5.74, 6) is 6.07. The van der Waals surface area contributed by atoms with Crippen molar-refractivity contribution in [3.05, 3.63) is 22.0 Å². The molecule has 0 bridgehead atoms. The molecule has 2 atom stereocenters. The molecule has 10 heteroatoms. The molecule has 2 saturated heterocycles. The topological polar surface area (TPSA) is 77.7 Å². The molecule has 4 aliphatic heterocycles. The Kier molecular flexibility index (Phi) is 10.7. The molecule has 39 heavy (non-hydrogen) atoms. The number of hydrogen-bond donors (Lipinski definition) is 1. The third-order valence-corrected chi connectivity index (χ3v) is 12.3. The minimum atomic E-state index is -0.141. The Labute approximate surface area is 250 Å². The molecular weight excluding hydrogens is 569 g/mol. The highest BCUT2D eigenvalue weighted by Crippen LogP contribution is 2.41. The Hall–Kier alpha value is -0.840. The number of aliphatic hydroxyl groups excluding tert-OH is 1. The summed E-state index contributed by atoms with van der Waals surface area (Å²) in [6.45, 7) is 9.73. The Balaban J connectivity index is 1.08. The lowest BCUT2D eigenvalue weighted by molar-refractivity contribution is -0.475. The van der Waals surface area contributed by atoms with E-state index in [1.165, 1.54) is 4.90 Å². The first-order valence-electron chi connectivity index (χ1n) is 14.0. The fourth-order valence-electron chi connectivity index (χ4n) is 5.35. The second-order valence-corrected chi connectivity index (χ2v) is 17.2. The third kappa shape index (κ3) is 8.13. The molecule has 2 unspecified atom stereocenters. The van der Waals surface area contributed by atoms with Crippen molar-refractivity contribution in [3.8, 4) is 0 Å². The molecule has 6 nitrogen and oxygen atoms in total. The number of carbonyl (C=O) groups is 3. The summed E-state index contributed by atoms with van der Waals surface area (Å²) < 4.78 is 1.60. The highest BCUT2D eigenvalue weighted by atomic mass is 32.2. The predicted octanol–water partition coefficient (Wildman–Crippen LogP) is 5.83. The van der Waals surface area contributed by atoms with E-state index in [2.05, 4.69) is 27.7 Å². The van der Waals surface area contributed by atoms with Gasteiger partial charge >= 0.3 is 11.8 Å². The van der Waals surface area contributed by atoms with Crippen LogP contribution in [0.2, 0.25) is 0 Å². The Morgan fingerprint density at radius 2 is 1.49 bits per heavy atom. The largest absolute Gasteiger partial charge is 0.460 e. The molecule has 2 fully saturated rings. The van der Waals surface area contributed by atoms with Gasteiger partial charge in [-0.05, 0) is 72.0 Å². The summed E-state index contributed by atoms with van der Waals surface area (Å²) in [5, 5.41) is 10.4. The zero-order valence-corrected chi connectivity index (χ0v) is 27.0. The van der Waals surface area contributed by atoms with Crippen LogP contribution < -0.4 is 0 Å². The molecule has 4 aliphatic rings. The lowest BCUT2D eigenvalue weighted by atomic mass is 9.88. The van der Waals surface area contributed by atoms with E-state index >= 15 is 0 Å².